The average molecular weight is 1010 g/mol. The molecule has 6 aliphatic rings. The first kappa shape index (κ1) is 48.5. The molecule has 0 atom stereocenters. The maximum Gasteiger partial charge on any atom is 0.264 e. The van der Waals surface area contributed by atoms with E-state index in [4.69, 9.17) is 0 Å². The molecule has 384 valence electrons. The Kier molecular flexibility index (Phi) is 9.87. The SMILES string of the molecule is Cc1cc2c3c(c1)N(c1ccc4c(c1)C(C)(C)c1ccccc1-4)c1c(sc4cc5c(cc14)C(C)(C)CCC5(C)C)B3c1cc3c(cc1N2c1cc2c(cc1-c1ccccc1)C(C)(C)CCC2(C)C)C(C)(C)CCC3(C)C. The van der Waals surface area contributed by atoms with Gasteiger partial charge in [-0.15, -0.1) is 11.3 Å². The number of anilines is 6. The first-order chi connectivity index (χ1) is 35.8. The zero-order chi connectivity index (χ0) is 53.2. The van der Waals surface area contributed by atoms with Crippen LogP contribution in [0.1, 0.15) is 186 Å². The smallest absolute Gasteiger partial charge is 0.264 e. The summed E-state index contributed by atoms with van der Waals surface area (Å²) in [6, 6.07) is 49.2. The molecule has 8 aromatic rings. The normalized spacial score (nSPS) is 20.6. The first-order valence-corrected chi connectivity index (χ1v) is 29.6. The van der Waals surface area contributed by atoms with Gasteiger partial charge in [0, 0.05) is 48.6 Å². The van der Waals surface area contributed by atoms with E-state index in [0.29, 0.717) is 0 Å². The van der Waals surface area contributed by atoms with Crippen molar-refractivity contribution in [1.82, 2.24) is 0 Å². The van der Waals surface area contributed by atoms with Crippen LogP contribution >= 0.6 is 11.3 Å². The molecule has 0 saturated carbocycles. The summed E-state index contributed by atoms with van der Waals surface area (Å²) in [7, 11) is 0. The molecule has 4 heteroatoms. The number of hydrogen-bond donors (Lipinski definition) is 0. The van der Waals surface area contributed by atoms with E-state index in [0.717, 1.165) is 6.42 Å². The summed E-state index contributed by atoms with van der Waals surface area (Å²) in [5, 5.41) is 1.40. The summed E-state index contributed by atoms with van der Waals surface area (Å²) in [4.78, 5) is 5.55. The van der Waals surface area contributed by atoms with Crippen LogP contribution in [0, 0.1) is 6.92 Å². The van der Waals surface area contributed by atoms with E-state index in [1.807, 2.05) is 0 Å². The van der Waals surface area contributed by atoms with Gasteiger partial charge in [0.2, 0.25) is 0 Å². The van der Waals surface area contributed by atoms with Crippen molar-refractivity contribution >= 4 is 78.0 Å². The third-order valence-electron chi connectivity index (χ3n) is 20.9. The molecule has 14 rings (SSSR count). The lowest BCUT2D eigenvalue weighted by atomic mass is 9.35. The van der Waals surface area contributed by atoms with Gasteiger partial charge in [0.25, 0.3) is 6.71 Å². The summed E-state index contributed by atoms with van der Waals surface area (Å²) >= 11 is 2.09. The predicted octanol–water partition coefficient (Wildman–Crippen LogP) is 18.3. The third-order valence-corrected chi connectivity index (χ3v) is 22.1. The summed E-state index contributed by atoms with van der Waals surface area (Å²) in [6.07, 6.45) is 7.06. The van der Waals surface area contributed by atoms with Gasteiger partial charge < -0.3 is 9.80 Å². The highest BCUT2D eigenvalue weighted by Crippen LogP contribution is 2.58. The number of thiophene rings is 1. The Balaban J connectivity index is 1.13. The molecular weight excluding hydrogens is 936 g/mol. The van der Waals surface area contributed by atoms with Crippen LogP contribution in [0.2, 0.25) is 0 Å². The van der Waals surface area contributed by atoms with E-state index in [2.05, 4.69) is 246 Å². The third kappa shape index (κ3) is 6.64. The van der Waals surface area contributed by atoms with E-state index in [1.54, 1.807) is 0 Å². The van der Waals surface area contributed by atoms with Gasteiger partial charge in [-0.2, -0.15) is 0 Å². The van der Waals surface area contributed by atoms with Crippen molar-refractivity contribution in [3.05, 3.63) is 171 Å². The highest BCUT2D eigenvalue weighted by Gasteiger charge is 2.50. The Morgan fingerprint density at radius 3 is 1.53 bits per heavy atom. The second-order valence-corrected chi connectivity index (χ2v) is 30.1. The van der Waals surface area contributed by atoms with Crippen LogP contribution in [0.15, 0.2) is 121 Å². The molecule has 0 bridgehead atoms. The number of fused-ring (bicyclic) bond motifs is 12. The molecule has 0 saturated heterocycles. The molecule has 0 N–H and O–H groups in total. The van der Waals surface area contributed by atoms with E-state index >= 15 is 0 Å². The summed E-state index contributed by atoms with van der Waals surface area (Å²) in [5.41, 5.74) is 29.4. The number of rotatable bonds is 3. The van der Waals surface area contributed by atoms with E-state index in [9.17, 15) is 0 Å². The zero-order valence-electron chi connectivity index (χ0n) is 48.2. The number of hydrogen-bond acceptors (Lipinski definition) is 3. The average Bonchev–Trinajstić information content (AvgIpc) is 4.00. The molecule has 0 amide bonds. The van der Waals surface area contributed by atoms with Gasteiger partial charge in [0.15, 0.2) is 0 Å². The molecule has 0 unspecified atom stereocenters. The molecular formula is C72H77BN2S. The van der Waals surface area contributed by atoms with Gasteiger partial charge in [0.1, 0.15) is 0 Å². The second kappa shape index (κ2) is 15.5. The largest absolute Gasteiger partial charge is 0.311 e. The maximum absolute atomic E-state index is 2.79. The van der Waals surface area contributed by atoms with Gasteiger partial charge in [0.05, 0.1) is 11.4 Å². The standard InChI is InChI=1S/C72H77BN2S/c1-42-33-60-63-61(34-42)75(58-39-54-51(66(2,3)27-30-69(54,8)9)36-47(58)43-21-17-16-18-22-43)59-40-55-53(68(6,7)29-31-70(55,10)11)38-57(59)73(63)65-64(48-37-52-56(41-62(48)76-65)71(12,13)32-28-67(52,4)5)74(60)44-25-26-46-45-23-19-20-24-49(45)72(14,15)50(46)35-44/h16-26,33-41H,27-32H2,1-15H3. The molecule has 7 aromatic carbocycles. The lowest BCUT2D eigenvalue weighted by Gasteiger charge is -2.48. The Morgan fingerprint density at radius 1 is 0.408 bits per heavy atom. The molecule has 2 aliphatic heterocycles. The molecule has 2 nitrogen and oxygen atoms in total. The highest BCUT2D eigenvalue weighted by atomic mass is 32.1. The number of aryl methyl sites for hydroxylation is 1. The Labute approximate surface area is 459 Å². The lowest BCUT2D eigenvalue weighted by Crippen LogP contribution is -2.61. The maximum atomic E-state index is 2.79. The fourth-order valence-corrected chi connectivity index (χ4v) is 17.1. The molecule has 0 spiro atoms. The zero-order valence-corrected chi connectivity index (χ0v) is 49.0. The Bertz CT molecular complexity index is 3840. The van der Waals surface area contributed by atoms with Crippen molar-refractivity contribution in [2.45, 2.75) is 180 Å². The van der Waals surface area contributed by atoms with E-state index in [-0.39, 0.29) is 44.6 Å². The quantitative estimate of drug-likeness (QED) is 0.163. The van der Waals surface area contributed by atoms with Gasteiger partial charge in [-0.25, -0.2) is 0 Å². The second-order valence-electron chi connectivity index (χ2n) is 29.0. The Hall–Kier alpha value is -5.84. The van der Waals surface area contributed by atoms with Crippen molar-refractivity contribution in [1.29, 1.82) is 0 Å². The summed E-state index contributed by atoms with van der Waals surface area (Å²) in [6.45, 7) is 37.3. The van der Waals surface area contributed by atoms with Crippen LogP contribution in [-0.4, -0.2) is 6.71 Å². The molecule has 4 aliphatic carbocycles. The monoisotopic (exact) mass is 1010 g/mol. The van der Waals surface area contributed by atoms with Crippen LogP contribution in [-0.2, 0) is 37.9 Å². The predicted molar refractivity (Wildman–Crippen MR) is 329 cm³/mol. The van der Waals surface area contributed by atoms with Crippen LogP contribution in [0.3, 0.4) is 0 Å². The van der Waals surface area contributed by atoms with Gasteiger partial charge in [-0.05, 0) is 210 Å². The minimum Gasteiger partial charge on any atom is -0.311 e. The molecule has 76 heavy (non-hydrogen) atoms. The van der Waals surface area contributed by atoms with Crippen molar-refractivity contribution < 1.29 is 0 Å². The number of benzene rings is 7. The Morgan fingerprint density at radius 2 is 0.908 bits per heavy atom. The summed E-state index contributed by atoms with van der Waals surface area (Å²) in [5.74, 6) is 0. The lowest BCUT2D eigenvalue weighted by molar-refractivity contribution is 0.332. The van der Waals surface area contributed by atoms with Gasteiger partial charge in [-0.1, -0.05) is 164 Å². The molecule has 0 radical (unpaired) electrons. The van der Waals surface area contributed by atoms with Crippen LogP contribution in [0.4, 0.5) is 34.1 Å². The minimum absolute atomic E-state index is 0.0238. The fourth-order valence-electron chi connectivity index (χ4n) is 15.7. The van der Waals surface area contributed by atoms with Crippen molar-refractivity contribution in [3.63, 3.8) is 0 Å². The van der Waals surface area contributed by atoms with Crippen molar-refractivity contribution in [2.24, 2.45) is 0 Å². The van der Waals surface area contributed by atoms with Crippen LogP contribution < -0.4 is 25.5 Å². The number of nitrogens with zero attached hydrogens (tertiary/aromatic N) is 2. The topological polar surface area (TPSA) is 6.48 Å². The fraction of sp³-hybridized carbons (Fsp3) is 0.389. The van der Waals surface area contributed by atoms with E-state index in [1.165, 1.54) is 164 Å². The first-order valence-electron chi connectivity index (χ1n) is 28.8. The highest BCUT2D eigenvalue weighted by molar-refractivity contribution is 7.33. The van der Waals surface area contributed by atoms with Crippen molar-refractivity contribution in [2.75, 3.05) is 9.80 Å². The minimum atomic E-state index is -0.140. The van der Waals surface area contributed by atoms with E-state index < -0.39 is 0 Å². The molecule has 0 fully saturated rings. The molecule has 1 aromatic heterocycles. The van der Waals surface area contributed by atoms with Crippen molar-refractivity contribution in [3.8, 4) is 22.3 Å². The summed E-state index contributed by atoms with van der Waals surface area (Å²) < 4.78 is 2.88. The van der Waals surface area contributed by atoms with Gasteiger partial charge >= 0.3 is 0 Å². The van der Waals surface area contributed by atoms with Gasteiger partial charge in [-0.3, -0.25) is 0 Å². The molecule has 3 heterocycles. The van der Waals surface area contributed by atoms with Crippen LogP contribution in [0.25, 0.3) is 32.3 Å². The van der Waals surface area contributed by atoms with Crippen LogP contribution in [0.5, 0.6) is 0 Å².